The van der Waals surface area contributed by atoms with Crippen molar-refractivity contribution in [3.05, 3.63) is 94.7 Å². The molecule has 0 spiro atoms. The Morgan fingerprint density at radius 1 is 0.327 bits per heavy atom. The maximum absolute atomic E-state index is 2.54. The molecule has 0 atom stereocenters. The van der Waals surface area contributed by atoms with Gasteiger partial charge in [0.05, 0.1) is 0 Å². The van der Waals surface area contributed by atoms with E-state index in [1.165, 1.54) is 174 Å². The number of unbranched alkanes of at least 4 members (excludes halogenated alkanes) is 14. The predicted molar refractivity (Wildman–Crippen MR) is 257 cm³/mol. The molecule has 0 aliphatic heterocycles. The van der Waals surface area contributed by atoms with Crippen LogP contribution in [0.4, 0.5) is 0 Å². The Morgan fingerprint density at radius 3 is 1.11 bits per heavy atom. The highest BCUT2D eigenvalue weighted by Crippen LogP contribution is 2.49. The maximum atomic E-state index is 2.54. The van der Waals surface area contributed by atoms with Crippen LogP contribution in [-0.2, 0) is 12.8 Å². The summed E-state index contributed by atoms with van der Waals surface area (Å²) in [4.78, 5) is 17.0. The van der Waals surface area contributed by atoms with E-state index in [-0.39, 0.29) is 0 Å². The van der Waals surface area contributed by atoms with Crippen LogP contribution >= 0.6 is 79.4 Å². The second kappa shape index (κ2) is 21.6. The van der Waals surface area contributed by atoms with Gasteiger partial charge >= 0.3 is 0 Å². The quantitative estimate of drug-likeness (QED) is 0.0531. The smallest absolute Gasteiger partial charge is 0.0481 e. The minimum atomic E-state index is 1.18. The van der Waals surface area contributed by atoms with Crippen LogP contribution in [0.5, 0.6) is 0 Å². The van der Waals surface area contributed by atoms with Crippen molar-refractivity contribution < 1.29 is 0 Å². The number of aryl methyl sites for hydroxylation is 2. The van der Waals surface area contributed by atoms with Crippen molar-refractivity contribution >= 4 is 79.4 Å². The third-order valence-corrected chi connectivity index (χ3v) is 19.0. The molecule has 7 heteroatoms. The van der Waals surface area contributed by atoms with Gasteiger partial charge in [0.25, 0.3) is 0 Å². The fraction of sp³-hybridized carbons (Fsp3) is 0.417. The van der Waals surface area contributed by atoms with Gasteiger partial charge in [0.2, 0.25) is 0 Å². The largest absolute Gasteiger partial charge is 0.143 e. The molecule has 7 rings (SSSR count). The lowest BCUT2D eigenvalue weighted by Gasteiger charge is -2.03. The number of rotatable bonds is 24. The molecule has 7 aromatic rings. The molecule has 0 aliphatic carbocycles. The lowest BCUT2D eigenvalue weighted by Crippen LogP contribution is -1.86. The lowest BCUT2D eigenvalue weighted by molar-refractivity contribution is 0.576. The number of thiophene rings is 7. The average Bonchev–Trinajstić information content (AvgIpc) is 4.05. The van der Waals surface area contributed by atoms with Gasteiger partial charge < -0.3 is 0 Å². The highest BCUT2D eigenvalue weighted by atomic mass is 32.1. The van der Waals surface area contributed by atoms with Gasteiger partial charge in [-0.2, -0.15) is 0 Å². The zero-order valence-electron chi connectivity index (χ0n) is 32.7. The Morgan fingerprint density at radius 2 is 0.673 bits per heavy atom. The summed E-state index contributed by atoms with van der Waals surface area (Å²) < 4.78 is 0. The topological polar surface area (TPSA) is 0 Å². The van der Waals surface area contributed by atoms with E-state index < -0.39 is 0 Å². The van der Waals surface area contributed by atoms with Crippen molar-refractivity contribution in [1.29, 1.82) is 0 Å². The standard InChI is InChI=1S/C48H56S7/c1-3-5-7-9-11-13-15-17-21-35-33-45(38-24-20-32-50-38)54-47(35)44-30-28-41(53-44)40-25-26-42(51-40)46-34-36(22-18-16-14-12-10-8-6-4-2)48(55-46)43-29-27-39(52-43)37-23-19-31-49-37/h19-20,23-34H,3-18,21-22H2,1-2H3. The zero-order chi connectivity index (χ0) is 37.7. The van der Waals surface area contributed by atoms with E-state index in [1.54, 1.807) is 11.1 Å². The van der Waals surface area contributed by atoms with E-state index in [0.29, 0.717) is 0 Å². The van der Waals surface area contributed by atoms with E-state index in [0.717, 1.165) is 0 Å². The van der Waals surface area contributed by atoms with Crippen molar-refractivity contribution in [3.63, 3.8) is 0 Å². The predicted octanol–water partition coefficient (Wildman–Crippen LogP) is 19.5. The van der Waals surface area contributed by atoms with E-state index >= 15 is 0 Å². The summed E-state index contributed by atoms with van der Waals surface area (Å²) >= 11 is 13.6. The summed E-state index contributed by atoms with van der Waals surface area (Å²) in [5, 5.41) is 4.40. The van der Waals surface area contributed by atoms with Crippen LogP contribution in [0.1, 0.15) is 128 Å². The van der Waals surface area contributed by atoms with Crippen LogP contribution in [0.3, 0.4) is 0 Å². The molecule has 0 bridgehead atoms. The molecule has 7 aromatic heterocycles. The Hall–Kier alpha value is -2.10. The molecule has 0 nitrogen and oxygen atoms in total. The minimum Gasteiger partial charge on any atom is -0.143 e. The Labute approximate surface area is 359 Å². The van der Waals surface area contributed by atoms with Gasteiger partial charge in [-0.15, -0.1) is 79.4 Å². The minimum absolute atomic E-state index is 1.18. The molecule has 0 N–H and O–H groups in total. The Bertz CT molecular complexity index is 2110. The van der Waals surface area contributed by atoms with Crippen molar-refractivity contribution in [1.82, 2.24) is 0 Å². The molecular formula is C48H56S7. The van der Waals surface area contributed by atoms with Crippen LogP contribution in [0.2, 0.25) is 0 Å². The fourth-order valence-corrected chi connectivity index (χ4v) is 15.0. The van der Waals surface area contributed by atoms with Gasteiger partial charge in [-0.3, -0.25) is 0 Å². The fourth-order valence-electron chi connectivity index (χ4n) is 7.41. The van der Waals surface area contributed by atoms with Crippen molar-refractivity contribution in [2.45, 2.75) is 129 Å². The Balaban J connectivity index is 1.06. The molecule has 0 fully saturated rings. The van der Waals surface area contributed by atoms with Crippen LogP contribution in [0.25, 0.3) is 58.5 Å². The summed E-state index contributed by atoms with van der Waals surface area (Å²) in [5.41, 5.74) is 3.09. The first-order valence-electron chi connectivity index (χ1n) is 20.8. The van der Waals surface area contributed by atoms with Gasteiger partial charge in [0.15, 0.2) is 0 Å². The molecule has 0 saturated carbocycles. The van der Waals surface area contributed by atoms with Crippen LogP contribution in [0.15, 0.2) is 83.6 Å². The van der Waals surface area contributed by atoms with Gasteiger partial charge in [0.1, 0.15) is 0 Å². The first-order valence-corrected chi connectivity index (χ1v) is 26.7. The van der Waals surface area contributed by atoms with E-state index in [9.17, 15) is 0 Å². The number of hydrogen-bond donors (Lipinski definition) is 0. The zero-order valence-corrected chi connectivity index (χ0v) is 38.4. The molecule has 0 amide bonds. The maximum Gasteiger partial charge on any atom is 0.0481 e. The number of hydrogen-bond acceptors (Lipinski definition) is 7. The highest BCUT2D eigenvalue weighted by molar-refractivity contribution is 7.31. The molecule has 0 unspecified atom stereocenters. The summed E-state index contributed by atoms with van der Waals surface area (Å²) in [6.07, 6.45) is 24.2. The monoisotopic (exact) mass is 856 g/mol. The van der Waals surface area contributed by atoms with E-state index in [2.05, 4.69) is 97.4 Å². The SMILES string of the molecule is CCCCCCCCCCc1cc(-c2cccs2)sc1-c1ccc(-c2ccc(-c3cc(CCCCCCCCCC)c(-c4ccc(-c5cccs5)s4)s3)s2)s1. The van der Waals surface area contributed by atoms with Gasteiger partial charge in [-0.25, -0.2) is 0 Å². The molecule has 0 aromatic carbocycles. The molecular weight excluding hydrogens is 801 g/mol. The second-order valence-corrected chi connectivity index (χ2v) is 22.1. The van der Waals surface area contributed by atoms with Gasteiger partial charge in [-0.1, -0.05) is 116 Å². The summed E-state index contributed by atoms with van der Waals surface area (Å²) in [6.45, 7) is 4.61. The third-order valence-electron chi connectivity index (χ3n) is 10.5. The van der Waals surface area contributed by atoms with Crippen LogP contribution < -0.4 is 0 Å². The lowest BCUT2D eigenvalue weighted by atomic mass is 10.0. The third kappa shape index (κ3) is 11.3. The summed E-state index contributed by atoms with van der Waals surface area (Å²) in [6, 6.07) is 28.2. The van der Waals surface area contributed by atoms with Gasteiger partial charge in [0, 0.05) is 58.5 Å². The average molecular weight is 857 g/mol. The molecule has 7 heterocycles. The van der Waals surface area contributed by atoms with Crippen LogP contribution in [0, 0.1) is 0 Å². The molecule has 55 heavy (non-hydrogen) atoms. The highest BCUT2D eigenvalue weighted by Gasteiger charge is 2.19. The first kappa shape index (κ1) is 41.1. The van der Waals surface area contributed by atoms with Crippen molar-refractivity contribution in [2.24, 2.45) is 0 Å². The van der Waals surface area contributed by atoms with Crippen molar-refractivity contribution in [3.8, 4) is 58.5 Å². The normalized spacial score (nSPS) is 11.7. The molecule has 290 valence electrons. The first-order chi connectivity index (χ1) is 27.2. The molecule has 0 radical (unpaired) electrons. The Kier molecular flexibility index (Phi) is 16.1. The summed E-state index contributed by atoms with van der Waals surface area (Å²) in [5.74, 6) is 0. The van der Waals surface area contributed by atoms with E-state index in [1.807, 2.05) is 79.4 Å². The summed E-state index contributed by atoms with van der Waals surface area (Å²) in [7, 11) is 0. The van der Waals surface area contributed by atoms with Crippen LogP contribution in [-0.4, -0.2) is 0 Å². The van der Waals surface area contributed by atoms with Crippen molar-refractivity contribution in [2.75, 3.05) is 0 Å². The van der Waals surface area contributed by atoms with Gasteiger partial charge in [-0.05, 0) is 108 Å². The molecule has 0 saturated heterocycles. The van der Waals surface area contributed by atoms with E-state index in [4.69, 9.17) is 0 Å². The molecule has 0 aliphatic rings. The second-order valence-electron chi connectivity index (χ2n) is 14.8.